The van der Waals surface area contributed by atoms with E-state index in [2.05, 4.69) is 18.8 Å². The fourth-order valence-corrected chi connectivity index (χ4v) is 4.62. The van der Waals surface area contributed by atoms with Crippen LogP contribution in [0.25, 0.3) is 0 Å². The van der Waals surface area contributed by atoms with E-state index in [1.807, 2.05) is 0 Å². The number of hydrogen-bond donors (Lipinski definition) is 1. The van der Waals surface area contributed by atoms with Crippen LogP contribution in [0.5, 0.6) is 0 Å². The molecule has 0 radical (unpaired) electrons. The number of aromatic amines is 1. The number of nitrogens with zero attached hydrogens (tertiary/aromatic N) is 1. The Labute approximate surface area is 180 Å². The molecule has 0 spiro atoms. The number of nitrogens with one attached hydrogen (secondary N) is 1. The molecule has 1 aliphatic rings. The molecule has 0 amide bonds. The fraction of sp³-hybridized carbons (Fsp3) is 0.792. The maximum absolute atomic E-state index is 12.1. The maximum atomic E-state index is 12.1. The Kier molecular flexibility index (Phi) is 11.0. The van der Waals surface area contributed by atoms with E-state index in [-0.39, 0.29) is 23.1 Å². The number of aromatic nitrogens is 2. The number of carbonyl (C=O) groups is 1. The van der Waals surface area contributed by atoms with Gasteiger partial charge in [-0.05, 0) is 37.5 Å². The Morgan fingerprint density at radius 3 is 2.13 bits per heavy atom. The van der Waals surface area contributed by atoms with Gasteiger partial charge in [0.1, 0.15) is 0 Å². The normalized spacial score (nSPS) is 21.1. The molecule has 1 aromatic rings. The van der Waals surface area contributed by atoms with E-state index in [0.717, 1.165) is 44.9 Å². The Bertz CT molecular complexity index is 711. The van der Waals surface area contributed by atoms with E-state index >= 15 is 0 Å². The summed E-state index contributed by atoms with van der Waals surface area (Å²) < 4.78 is 6.76. The van der Waals surface area contributed by atoms with Crippen molar-refractivity contribution in [3.63, 3.8) is 0 Å². The summed E-state index contributed by atoms with van der Waals surface area (Å²) in [7, 11) is 0. The summed E-state index contributed by atoms with van der Waals surface area (Å²) in [6.45, 7) is 5.46. The minimum atomic E-state index is -0.319. The Hall–Kier alpha value is -1.85. The van der Waals surface area contributed by atoms with Crippen LogP contribution in [0.1, 0.15) is 90.9 Å². The van der Waals surface area contributed by atoms with Crippen LogP contribution in [0.15, 0.2) is 21.9 Å². The highest BCUT2D eigenvalue weighted by atomic mass is 16.5. The van der Waals surface area contributed by atoms with E-state index < -0.39 is 0 Å². The molecule has 6 heteroatoms. The van der Waals surface area contributed by atoms with Gasteiger partial charge in [0.25, 0.3) is 5.56 Å². The van der Waals surface area contributed by atoms with Gasteiger partial charge in [-0.1, -0.05) is 65.2 Å². The minimum absolute atomic E-state index is 0.0218. The first kappa shape index (κ1) is 24.4. The zero-order chi connectivity index (χ0) is 21.8. The van der Waals surface area contributed by atoms with E-state index in [1.54, 1.807) is 0 Å². The summed E-state index contributed by atoms with van der Waals surface area (Å²) in [6, 6.07) is 1.39. The van der Waals surface area contributed by atoms with Crippen LogP contribution in [0, 0.1) is 17.8 Å². The third-order valence-electron chi connectivity index (χ3n) is 6.38. The van der Waals surface area contributed by atoms with Gasteiger partial charge < -0.3 is 9.72 Å². The molecule has 1 saturated carbocycles. The summed E-state index contributed by atoms with van der Waals surface area (Å²) >= 11 is 0. The first-order chi connectivity index (χ1) is 14.5. The standard InChI is InChI=1S/C24H40N2O4/c1-19-17-20(2)21(18-19)23(28)30-16-12-10-8-6-4-3-5-7-9-11-15-26-22(27)13-14-25-24(26)29/h13-14,19-21H,3-12,15-18H2,1-2H3,(H,25,29). The van der Waals surface area contributed by atoms with Gasteiger partial charge in [0, 0.05) is 18.8 Å². The number of esters is 1. The Balaban J connectivity index is 1.37. The molecular weight excluding hydrogens is 380 g/mol. The highest BCUT2D eigenvalue weighted by molar-refractivity contribution is 5.73. The molecule has 1 N–H and O–H groups in total. The first-order valence-corrected chi connectivity index (χ1v) is 11.9. The smallest absolute Gasteiger partial charge is 0.328 e. The number of H-pyrrole nitrogens is 1. The summed E-state index contributed by atoms with van der Waals surface area (Å²) in [6.07, 6.45) is 14.8. The van der Waals surface area contributed by atoms with Crippen molar-refractivity contribution in [1.82, 2.24) is 9.55 Å². The third-order valence-corrected chi connectivity index (χ3v) is 6.38. The summed E-state index contributed by atoms with van der Waals surface area (Å²) in [5.74, 6) is 1.26. The molecule has 170 valence electrons. The fourth-order valence-electron chi connectivity index (χ4n) is 4.62. The van der Waals surface area contributed by atoms with Crippen LogP contribution in [0.3, 0.4) is 0 Å². The highest BCUT2D eigenvalue weighted by Crippen LogP contribution is 2.36. The van der Waals surface area contributed by atoms with E-state index in [0.29, 0.717) is 25.0 Å². The van der Waals surface area contributed by atoms with Crippen molar-refractivity contribution in [2.75, 3.05) is 6.61 Å². The molecule has 1 fully saturated rings. The molecule has 6 nitrogen and oxygen atoms in total. The quantitative estimate of drug-likeness (QED) is 0.350. The largest absolute Gasteiger partial charge is 0.465 e. The topological polar surface area (TPSA) is 81.2 Å². The third kappa shape index (κ3) is 8.49. The molecule has 3 atom stereocenters. The SMILES string of the molecule is CC1CC(C)C(C(=O)OCCCCCCCCCCCCn2c(=O)cc[nH]c2=O)C1. The number of rotatable bonds is 14. The minimum Gasteiger partial charge on any atom is -0.465 e. The molecule has 1 aromatic heterocycles. The van der Waals surface area contributed by atoms with Gasteiger partial charge in [-0.3, -0.25) is 14.2 Å². The maximum Gasteiger partial charge on any atom is 0.328 e. The van der Waals surface area contributed by atoms with Crippen LogP contribution in [0.4, 0.5) is 0 Å². The van der Waals surface area contributed by atoms with Crippen LogP contribution in [-0.4, -0.2) is 22.1 Å². The molecule has 2 rings (SSSR count). The van der Waals surface area contributed by atoms with Gasteiger partial charge in [-0.25, -0.2) is 4.79 Å². The average molecular weight is 421 g/mol. The van der Waals surface area contributed by atoms with Crippen LogP contribution in [0.2, 0.25) is 0 Å². The van der Waals surface area contributed by atoms with Gasteiger partial charge >= 0.3 is 11.7 Å². The number of unbranched alkanes of at least 4 members (excludes halogenated alkanes) is 9. The van der Waals surface area contributed by atoms with Crippen molar-refractivity contribution in [3.8, 4) is 0 Å². The lowest BCUT2D eigenvalue weighted by Crippen LogP contribution is -2.33. The molecule has 3 unspecified atom stereocenters. The number of hydrogen-bond acceptors (Lipinski definition) is 4. The molecule has 1 aliphatic carbocycles. The Morgan fingerprint density at radius 2 is 1.57 bits per heavy atom. The van der Waals surface area contributed by atoms with Crippen molar-refractivity contribution < 1.29 is 9.53 Å². The predicted octanol–water partition coefficient (Wildman–Crippen LogP) is 4.66. The van der Waals surface area contributed by atoms with E-state index in [4.69, 9.17) is 4.74 Å². The molecule has 1 heterocycles. The van der Waals surface area contributed by atoms with Crippen molar-refractivity contribution in [2.45, 2.75) is 97.4 Å². The lowest BCUT2D eigenvalue weighted by molar-refractivity contribution is -0.149. The second kappa shape index (κ2) is 13.5. The monoisotopic (exact) mass is 420 g/mol. The average Bonchev–Trinajstić information content (AvgIpc) is 3.05. The second-order valence-electron chi connectivity index (χ2n) is 9.14. The highest BCUT2D eigenvalue weighted by Gasteiger charge is 2.34. The van der Waals surface area contributed by atoms with E-state index in [1.165, 1.54) is 48.9 Å². The van der Waals surface area contributed by atoms with Crippen molar-refractivity contribution in [3.05, 3.63) is 33.1 Å². The molecule has 0 aromatic carbocycles. The first-order valence-electron chi connectivity index (χ1n) is 11.9. The van der Waals surface area contributed by atoms with Crippen LogP contribution in [-0.2, 0) is 16.1 Å². The van der Waals surface area contributed by atoms with Crippen molar-refractivity contribution >= 4 is 5.97 Å². The van der Waals surface area contributed by atoms with Crippen molar-refractivity contribution in [1.29, 1.82) is 0 Å². The second-order valence-corrected chi connectivity index (χ2v) is 9.14. The van der Waals surface area contributed by atoms with Crippen LogP contribution >= 0.6 is 0 Å². The Morgan fingerprint density at radius 1 is 0.967 bits per heavy atom. The summed E-state index contributed by atoms with van der Waals surface area (Å²) in [5.41, 5.74) is -0.545. The van der Waals surface area contributed by atoms with E-state index in [9.17, 15) is 14.4 Å². The van der Waals surface area contributed by atoms with Gasteiger partial charge in [-0.2, -0.15) is 0 Å². The molecular formula is C24H40N2O4. The van der Waals surface area contributed by atoms with Crippen LogP contribution < -0.4 is 11.2 Å². The molecule has 0 aliphatic heterocycles. The van der Waals surface area contributed by atoms with Gasteiger partial charge in [0.05, 0.1) is 12.5 Å². The number of carbonyl (C=O) groups excluding carboxylic acids is 1. The van der Waals surface area contributed by atoms with Gasteiger partial charge in [-0.15, -0.1) is 0 Å². The lowest BCUT2D eigenvalue weighted by Gasteiger charge is -2.14. The summed E-state index contributed by atoms with van der Waals surface area (Å²) in [5, 5.41) is 0. The van der Waals surface area contributed by atoms with Gasteiger partial charge in [0.2, 0.25) is 0 Å². The molecule has 30 heavy (non-hydrogen) atoms. The zero-order valence-corrected chi connectivity index (χ0v) is 18.9. The van der Waals surface area contributed by atoms with Crippen molar-refractivity contribution in [2.24, 2.45) is 17.8 Å². The molecule has 0 bridgehead atoms. The summed E-state index contributed by atoms with van der Waals surface area (Å²) in [4.78, 5) is 37.9. The zero-order valence-electron chi connectivity index (χ0n) is 18.9. The lowest BCUT2D eigenvalue weighted by atomic mass is 9.99. The van der Waals surface area contributed by atoms with Gasteiger partial charge in [0.15, 0.2) is 0 Å². The predicted molar refractivity (Wildman–Crippen MR) is 120 cm³/mol. The number of ether oxygens (including phenoxy) is 1. The molecule has 0 saturated heterocycles.